The van der Waals surface area contributed by atoms with Gasteiger partial charge in [0.1, 0.15) is 23.0 Å². The average molecular weight is 418 g/mol. The van der Waals surface area contributed by atoms with Gasteiger partial charge in [0, 0.05) is 13.0 Å². The first-order valence-electron chi connectivity index (χ1n) is 9.72. The van der Waals surface area contributed by atoms with E-state index in [-0.39, 0.29) is 0 Å². The molecule has 0 aromatic heterocycles. The van der Waals surface area contributed by atoms with Crippen molar-refractivity contribution in [3.8, 4) is 0 Å². The second kappa shape index (κ2) is 7.26. The van der Waals surface area contributed by atoms with Gasteiger partial charge in [0.25, 0.3) is 0 Å². The molecule has 0 radical (unpaired) electrons. The summed E-state index contributed by atoms with van der Waals surface area (Å²) >= 11 is 2.07. The van der Waals surface area contributed by atoms with Gasteiger partial charge in [-0.3, -0.25) is 0 Å². The second-order valence-corrected chi connectivity index (χ2v) is 9.01. The first-order valence-corrected chi connectivity index (χ1v) is 10.6. The summed E-state index contributed by atoms with van der Waals surface area (Å²) in [5.74, 6) is 5.13. The molecule has 0 aromatic carbocycles. The van der Waals surface area contributed by atoms with Crippen molar-refractivity contribution in [2.24, 2.45) is 29.6 Å². The summed E-state index contributed by atoms with van der Waals surface area (Å²) in [6.45, 7) is 0.909. The van der Waals surface area contributed by atoms with Gasteiger partial charge in [-0.15, -0.1) is 0 Å². The standard InChI is InChI=1S/C19H31IO2/c20-22-18-8-9-21-19(12-18)17-10-16(11-17)15-6-4-14(5-7-15)13-2-1-3-13/h13-19H,1-12H2/t14?,15?,16?,17?,18-,19?/m1/s1. The molecule has 4 fully saturated rings. The molecule has 0 aromatic rings. The van der Waals surface area contributed by atoms with Crippen LogP contribution in [0.25, 0.3) is 0 Å². The van der Waals surface area contributed by atoms with E-state index in [4.69, 9.17) is 7.80 Å². The summed E-state index contributed by atoms with van der Waals surface area (Å²) in [5, 5.41) is 0. The SMILES string of the molecule is IO[C@@H]1CCOC(C2CC(C3CCC(C4CCC4)CC3)C2)C1. The van der Waals surface area contributed by atoms with Crippen molar-refractivity contribution in [1.29, 1.82) is 0 Å². The fourth-order valence-corrected chi connectivity index (χ4v) is 6.06. The Hall–Kier alpha value is 0.650. The van der Waals surface area contributed by atoms with Crippen LogP contribution in [0.15, 0.2) is 0 Å². The fourth-order valence-electron chi connectivity index (χ4n) is 5.60. The lowest BCUT2D eigenvalue weighted by atomic mass is 9.60. The molecule has 0 amide bonds. The Kier molecular flexibility index (Phi) is 5.33. The van der Waals surface area contributed by atoms with E-state index in [2.05, 4.69) is 23.0 Å². The van der Waals surface area contributed by atoms with Crippen molar-refractivity contribution in [3.63, 3.8) is 0 Å². The van der Waals surface area contributed by atoms with E-state index in [1.165, 1.54) is 32.1 Å². The van der Waals surface area contributed by atoms with Crippen molar-refractivity contribution in [3.05, 3.63) is 0 Å². The summed E-state index contributed by atoms with van der Waals surface area (Å²) in [7, 11) is 0. The molecule has 0 spiro atoms. The Morgan fingerprint density at radius 3 is 1.91 bits per heavy atom. The van der Waals surface area contributed by atoms with Crippen LogP contribution in [0.4, 0.5) is 0 Å². The topological polar surface area (TPSA) is 18.5 Å². The molecular formula is C19H31IO2. The molecule has 22 heavy (non-hydrogen) atoms. The average Bonchev–Trinajstić information content (AvgIpc) is 2.46. The third-order valence-electron chi connectivity index (χ3n) is 7.43. The first kappa shape index (κ1) is 16.1. The monoisotopic (exact) mass is 418 g/mol. The Labute approximate surface area is 149 Å². The smallest absolute Gasteiger partial charge is 0.110 e. The van der Waals surface area contributed by atoms with Gasteiger partial charge < -0.3 is 7.80 Å². The van der Waals surface area contributed by atoms with Crippen LogP contribution >= 0.6 is 23.0 Å². The van der Waals surface area contributed by atoms with Gasteiger partial charge in [0.2, 0.25) is 0 Å². The van der Waals surface area contributed by atoms with Gasteiger partial charge >= 0.3 is 0 Å². The van der Waals surface area contributed by atoms with Crippen LogP contribution in [0.1, 0.15) is 70.6 Å². The van der Waals surface area contributed by atoms with Crippen LogP contribution in [0.5, 0.6) is 0 Å². The maximum Gasteiger partial charge on any atom is 0.110 e. The number of hydrogen-bond acceptors (Lipinski definition) is 2. The number of halogens is 1. The molecule has 3 heteroatoms. The van der Waals surface area contributed by atoms with E-state index in [0.29, 0.717) is 12.2 Å². The Morgan fingerprint density at radius 1 is 0.682 bits per heavy atom. The second-order valence-electron chi connectivity index (χ2n) is 8.50. The fraction of sp³-hybridized carbons (Fsp3) is 1.00. The summed E-state index contributed by atoms with van der Waals surface area (Å²) in [6.07, 6.45) is 16.8. The van der Waals surface area contributed by atoms with Gasteiger partial charge in [0.15, 0.2) is 0 Å². The van der Waals surface area contributed by atoms with Crippen LogP contribution in [0.2, 0.25) is 0 Å². The molecule has 1 saturated heterocycles. The molecule has 3 aliphatic carbocycles. The summed E-state index contributed by atoms with van der Waals surface area (Å²) in [4.78, 5) is 0. The van der Waals surface area contributed by atoms with Crippen LogP contribution < -0.4 is 0 Å². The van der Waals surface area contributed by atoms with Crippen LogP contribution in [0, 0.1) is 29.6 Å². The highest BCUT2D eigenvalue weighted by Crippen LogP contribution is 2.50. The van der Waals surface area contributed by atoms with E-state index < -0.39 is 0 Å². The molecule has 1 heterocycles. The normalized spacial score (nSPS) is 46.8. The van der Waals surface area contributed by atoms with E-state index in [0.717, 1.165) is 49.0 Å². The van der Waals surface area contributed by atoms with Crippen molar-refractivity contribution >= 4 is 23.0 Å². The lowest BCUT2D eigenvalue weighted by Crippen LogP contribution is -2.43. The number of rotatable bonds is 4. The molecule has 0 N–H and O–H groups in total. The minimum Gasteiger partial charge on any atom is -0.378 e. The van der Waals surface area contributed by atoms with Crippen molar-refractivity contribution in [2.75, 3.05) is 6.61 Å². The lowest BCUT2D eigenvalue weighted by Gasteiger charge is -2.48. The van der Waals surface area contributed by atoms with Gasteiger partial charge in [-0.2, -0.15) is 0 Å². The first-order chi connectivity index (χ1) is 10.8. The van der Waals surface area contributed by atoms with Gasteiger partial charge in [-0.1, -0.05) is 19.3 Å². The predicted molar refractivity (Wildman–Crippen MR) is 96.9 cm³/mol. The summed E-state index contributed by atoms with van der Waals surface area (Å²) in [6, 6.07) is 0. The van der Waals surface area contributed by atoms with Crippen molar-refractivity contribution in [1.82, 2.24) is 0 Å². The number of hydrogen-bond donors (Lipinski definition) is 0. The largest absolute Gasteiger partial charge is 0.378 e. The minimum atomic E-state index is 0.441. The highest BCUT2D eigenvalue weighted by atomic mass is 127. The Bertz CT molecular complexity index is 356. The third kappa shape index (κ3) is 3.37. The van der Waals surface area contributed by atoms with E-state index >= 15 is 0 Å². The zero-order valence-corrected chi connectivity index (χ0v) is 15.9. The van der Waals surface area contributed by atoms with E-state index in [9.17, 15) is 0 Å². The highest BCUT2D eigenvalue weighted by molar-refractivity contribution is 14.1. The molecule has 2 nitrogen and oxygen atoms in total. The predicted octanol–water partition coefficient (Wildman–Crippen LogP) is 5.53. The van der Waals surface area contributed by atoms with Gasteiger partial charge in [0.05, 0.1) is 12.2 Å². The lowest BCUT2D eigenvalue weighted by molar-refractivity contribution is -0.0935. The molecule has 1 aliphatic heterocycles. The molecule has 1 unspecified atom stereocenters. The molecular weight excluding hydrogens is 387 g/mol. The molecule has 4 rings (SSSR count). The quantitative estimate of drug-likeness (QED) is 0.559. The molecule has 0 bridgehead atoms. The van der Waals surface area contributed by atoms with Crippen molar-refractivity contribution in [2.45, 2.75) is 82.8 Å². The van der Waals surface area contributed by atoms with Gasteiger partial charge in [-0.05, 0) is 74.5 Å². The zero-order valence-electron chi connectivity index (χ0n) is 13.7. The highest BCUT2D eigenvalue weighted by Gasteiger charge is 2.43. The van der Waals surface area contributed by atoms with Crippen LogP contribution in [0.3, 0.4) is 0 Å². The van der Waals surface area contributed by atoms with Crippen LogP contribution in [-0.2, 0) is 7.80 Å². The molecule has 4 aliphatic rings. The maximum atomic E-state index is 6.04. The van der Waals surface area contributed by atoms with Crippen LogP contribution in [-0.4, -0.2) is 18.8 Å². The maximum absolute atomic E-state index is 6.04. The Balaban J connectivity index is 1.19. The zero-order chi connectivity index (χ0) is 14.9. The molecule has 2 atom stereocenters. The van der Waals surface area contributed by atoms with Gasteiger partial charge in [-0.25, -0.2) is 0 Å². The molecule has 126 valence electrons. The molecule has 3 saturated carbocycles. The van der Waals surface area contributed by atoms with Crippen molar-refractivity contribution < 1.29 is 7.80 Å². The van der Waals surface area contributed by atoms with E-state index in [1.54, 1.807) is 25.7 Å². The Morgan fingerprint density at radius 2 is 1.32 bits per heavy atom. The van der Waals surface area contributed by atoms with E-state index in [1.807, 2.05) is 0 Å². The minimum absolute atomic E-state index is 0.441. The summed E-state index contributed by atoms with van der Waals surface area (Å²) < 4.78 is 11.6. The summed E-state index contributed by atoms with van der Waals surface area (Å²) in [5.41, 5.74) is 0. The number of ether oxygens (including phenoxy) is 1. The third-order valence-corrected chi connectivity index (χ3v) is 8.15.